The van der Waals surface area contributed by atoms with Gasteiger partial charge >= 0.3 is 6.18 Å². The molecular formula is C23H24F3N5O2. The number of carbonyl (C=O) groups is 2. The fourth-order valence-electron chi connectivity index (χ4n) is 3.40. The zero-order chi connectivity index (χ0) is 24.2. The lowest BCUT2D eigenvalue weighted by Gasteiger charge is -2.18. The molecule has 0 radical (unpaired) electrons. The van der Waals surface area contributed by atoms with Crippen LogP contribution in [0.1, 0.15) is 17.0 Å². The van der Waals surface area contributed by atoms with Gasteiger partial charge in [-0.15, -0.1) is 0 Å². The number of anilines is 2. The molecule has 3 aromatic rings. The second kappa shape index (κ2) is 9.86. The van der Waals surface area contributed by atoms with Gasteiger partial charge in [0, 0.05) is 0 Å². The van der Waals surface area contributed by atoms with Crippen molar-refractivity contribution in [3.63, 3.8) is 0 Å². The zero-order valence-electron chi connectivity index (χ0n) is 18.4. The predicted octanol–water partition coefficient (Wildman–Crippen LogP) is 4.02. The van der Waals surface area contributed by atoms with Gasteiger partial charge in [-0.05, 0) is 45.2 Å². The number of nitrogens with one attached hydrogen (secondary N) is 2. The van der Waals surface area contributed by atoms with Crippen molar-refractivity contribution in [3.05, 3.63) is 71.5 Å². The second-order valence-corrected chi connectivity index (χ2v) is 7.61. The van der Waals surface area contributed by atoms with Crippen molar-refractivity contribution in [1.29, 1.82) is 0 Å². The van der Waals surface area contributed by atoms with Crippen molar-refractivity contribution in [2.45, 2.75) is 20.0 Å². The Morgan fingerprint density at radius 2 is 1.52 bits per heavy atom. The molecule has 33 heavy (non-hydrogen) atoms. The van der Waals surface area contributed by atoms with E-state index < -0.39 is 17.6 Å². The minimum Gasteiger partial charge on any atom is -0.324 e. The van der Waals surface area contributed by atoms with Crippen LogP contribution in [0, 0.1) is 13.8 Å². The molecule has 7 nitrogen and oxygen atoms in total. The van der Waals surface area contributed by atoms with E-state index >= 15 is 0 Å². The van der Waals surface area contributed by atoms with E-state index in [1.807, 2.05) is 37.3 Å². The minimum absolute atomic E-state index is 0.135. The number of likely N-dealkylation sites (N-methyl/N-ethyl adjacent to an activating group) is 1. The van der Waals surface area contributed by atoms with Gasteiger partial charge in [-0.3, -0.25) is 14.5 Å². The number of carbonyl (C=O) groups excluding carboxylic acids is 2. The topological polar surface area (TPSA) is 79.3 Å². The van der Waals surface area contributed by atoms with E-state index in [1.54, 1.807) is 11.6 Å². The number of benzene rings is 2. The van der Waals surface area contributed by atoms with Gasteiger partial charge in [-0.25, -0.2) is 4.68 Å². The summed E-state index contributed by atoms with van der Waals surface area (Å²) in [5.41, 5.74) is 1.55. The highest BCUT2D eigenvalue weighted by atomic mass is 19.4. The van der Waals surface area contributed by atoms with Crippen molar-refractivity contribution < 1.29 is 22.8 Å². The van der Waals surface area contributed by atoms with E-state index in [9.17, 15) is 22.8 Å². The molecule has 2 amide bonds. The first-order valence-corrected chi connectivity index (χ1v) is 10.1. The van der Waals surface area contributed by atoms with E-state index in [0.717, 1.165) is 17.4 Å². The third-order valence-electron chi connectivity index (χ3n) is 4.89. The maximum absolute atomic E-state index is 13.1. The highest BCUT2D eigenvalue weighted by Gasteiger charge is 2.33. The van der Waals surface area contributed by atoms with E-state index in [0.29, 0.717) is 11.4 Å². The molecule has 2 N–H and O–H groups in total. The van der Waals surface area contributed by atoms with E-state index in [2.05, 4.69) is 15.7 Å². The first-order chi connectivity index (χ1) is 15.6. The fourth-order valence-corrected chi connectivity index (χ4v) is 3.40. The van der Waals surface area contributed by atoms with Crippen LogP contribution < -0.4 is 10.6 Å². The number of hydrogen-bond donors (Lipinski definition) is 2. The second-order valence-electron chi connectivity index (χ2n) is 7.61. The molecule has 1 aromatic heterocycles. The Morgan fingerprint density at radius 1 is 0.939 bits per heavy atom. The molecular weight excluding hydrogens is 435 g/mol. The van der Waals surface area contributed by atoms with Crippen LogP contribution in [0.2, 0.25) is 0 Å². The van der Waals surface area contributed by atoms with Crippen LogP contribution in [0.15, 0.2) is 54.6 Å². The summed E-state index contributed by atoms with van der Waals surface area (Å²) in [4.78, 5) is 26.2. The predicted molar refractivity (Wildman–Crippen MR) is 119 cm³/mol. The Kier molecular flexibility index (Phi) is 7.17. The number of aryl methyl sites for hydroxylation is 1. The normalized spacial score (nSPS) is 11.5. The quantitative estimate of drug-likeness (QED) is 0.560. The van der Waals surface area contributed by atoms with Crippen LogP contribution >= 0.6 is 0 Å². The number of amides is 2. The van der Waals surface area contributed by atoms with Crippen LogP contribution in [0.4, 0.5) is 24.5 Å². The summed E-state index contributed by atoms with van der Waals surface area (Å²) in [5, 5.41) is 9.54. The molecule has 0 unspecified atom stereocenters. The van der Waals surface area contributed by atoms with Gasteiger partial charge in [-0.2, -0.15) is 18.3 Å². The fraction of sp³-hybridized carbons (Fsp3) is 0.261. The van der Waals surface area contributed by atoms with Crippen molar-refractivity contribution in [1.82, 2.24) is 14.7 Å². The largest absolute Gasteiger partial charge is 0.418 e. The summed E-state index contributed by atoms with van der Waals surface area (Å²) >= 11 is 0. The standard InChI is InChI=1S/C23H24F3N5O2/c1-15-22(16(2)31(29-15)17-9-5-4-6-10-17)28-21(33)14-30(3)13-20(32)27-19-12-8-7-11-18(19)23(24,25)26/h4-12H,13-14H2,1-3H3,(H,27,32)(H,28,33). The van der Waals surface area contributed by atoms with Gasteiger partial charge < -0.3 is 10.6 Å². The molecule has 0 atom stereocenters. The minimum atomic E-state index is -4.59. The Morgan fingerprint density at radius 3 is 2.15 bits per heavy atom. The van der Waals surface area contributed by atoms with Crippen molar-refractivity contribution in [2.75, 3.05) is 30.8 Å². The van der Waals surface area contributed by atoms with Crippen molar-refractivity contribution in [2.24, 2.45) is 0 Å². The highest BCUT2D eigenvalue weighted by Crippen LogP contribution is 2.34. The summed E-state index contributed by atoms with van der Waals surface area (Å²) in [7, 11) is 1.53. The molecule has 0 aliphatic heterocycles. The third kappa shape index (κ3) is 5.98. The molecule has 0 saturated carbocycles. The van der Waals surface area contributed by atoms with Crippen LogP contribution in [-0.2, 0) is 15.8 Å². The molecule has 0 fully saturated rings. The maximum atomic E-state index is 13.1. The monoisotopic (exact) mass is 459 g/mol. The Hall–Kier alpha value is -3.66. The average Bonchev–Trinajstić information content (AvgIpc) is 3.02. The molecule has 174 valence electrons. The molecule has 2 aromatic carbocycles. The molecule has 0 aliphatic carbocycles. The summed E-state index contributed by atoms with van der Waals surface area (Å²) in [6.45, 7) is 3.21. The summed E-state index contributed by atoms with van der Waals surface area (Å²) in [6, 6.07) is 14.2. The third-order valence-corrected chi connectivity index (χ3v) is 4.89. The van der Waals surface area contributed by atoms with Gasteiger partial charge in [0.15, 0.2) is 0 Å². The van der Waals surface area contributed by atoms with Crippen LogP contribution in [0.5, 0.6) is 0 Å². The van der Waals surface area contributed by atoms with Crippen molar-refractivity contribution in [3.8, 4) is 5.69 Å². The van der Waals surface area contributed by atoms with Gasteiger partial charge in [0.05, 0.1) is 47.1 Å². The van der Waals surface area contributed by atoms with E-state index in [4.69, 9.17) is 0 Å². The Balaban J connectivity index is 1.60. The summed E-state index contributed by atoms with van der Waals surface area (Å²) in [6.07, 6.45) is -4.59. The number of alkyl halides is 3. The number of hydrogen-bond acceptors (Lipinski definition) is 4. The average molecular weight is 459 g/mol. The van der Waals surface area contributed by atoms with Gasteiger partial charge in [0.25, 0.3) is 0 Å². The molecule has 0 bridgehead atoms. The number of para-hydroxylation sites is 2. The lowest BCUT2D eigenvalue weighted by atomic mass is 10.1. The summed E-state index contributed by atoms with van der Waals surface area (Å²) < 4.78 is 41.0. The highest BCUT2D eigenvalue weighted by molar-refractivity contribution is 5.95. The molecule has 0 spiro atoms. The smallest absolute Gasteiger partial charge is 0.324 e. The molecule has 3 rings (SSSR count). The van der Waals surface area contributed by atoms with Crippen LogP contribution in [0.3, 0.4) is 0 Å². The Labute approximate surface area is 189 Å². The zero-order valence-corrected chi connectivity index (χ0v) is 18.4. The van der Waals surface area contributed by atoms with Gasteiger partial charge in [-0.1, -0.05) is 30.3 Å². The lowest BCUT2D eigenvalue weighted by Crippen LogP contribution is -2.36. The Bertz CT molecular complexity index is 1140. The van der Waals surface area contributed by atoms with Crippen molar-refractivity contribution >= 4 is 23.2 Å². The van der Waals surface area contributed by atoms with E-state index in [1.165, 1.54) is 30.1 Å². The first-order valence-electron chi connectivity index (χ1n) is 10.1. The van der Waals surface area contributed by atoms with Crippen LogP contribution in [-0.4, -0.2) is 46.6 Å². The number of aromatic nitrogens is 2. The lowest BCUT2D eigenvalue weighted by molar-refractivity contribution is -0.137. The summed E-state index contributed by atoms with van der Waals surface area (Å²) in [5.74, 6) is -1.04. The molecule has 10 heteroatoms. The first kappa shape index (κ1) is 24.0. The number of nitrogens with zero attached hydrogens (tertiary/aromatic N) is 3. The number of rotatable bonds is 7. The number of halogens is 3. The van der Waals surface area contributed by atoms with Gasteiger partial charge in [0.1, 0.15) is 0 Å². The van der Waals surface area contributed by atoms with Crippen LogP contribution in [0.25, 0.3) is 5.69 Å². The molecule has 0 saturated heterocycles. The maximum Gasteiger partial charge on any atom is 0.418 e. The molecule has 0 aliphatic rings. The van der Waals surface area contributed by atoms with E-state index in [-0.39, 0.29) is 24.7 Å². The van der Waals surface area contributed by atoms with Gasteiger partial charge in [0.2, 0.25) is 11.8 Å². The molecule has 1 heterocycles. The SMILES string of the molecule is Cc1nn(-c2ccccc2)c(C)c1NC(=O)CN(C)CC(=O)Nc1ccccc1C(F)(F)F.